The topological polar surface area (TPSA) is 286 Å². The molecule has 2 aromatic carbocycles. The van der Waals surface area contributed by atoms with Crippen LogP contribution in [0.25, 0.3) is 0 Å². The molecule has 17 heteroatoms. The van der Waals surface area contributed by atoms with Gasteiger partial charge in [-0.3, -0.25) is 18.7 Å². The lowest BCUT2D eigenvalue weighted by molar-refractivity contribution is -0.110. The van der Waals surface area contributed by atoms with Crippen molar-refractivity contribution in [2.75, 3.05) is 10.6 Å². The van der Waals surface area contributed by atoms with Crippen molar-refractivity contribution >= 4 is 57.9 Å². The van der Waals surface area contributed by atoms with E-state index in [0.717, 1.165) is 25.3 Å². The third kappa shape index (κ3) is 21.0. The molecule has 0 atom stereocenters. The first-order chi connectivity index (χ1) is 18.2. The number of guanidine groups is 2. The zero-order valence-corrected chi connectivity index (χ0v) is 22.0. The van der Waals surface area contributed by atoms with Crippen LogP contribution >= 0.6 is 0 Å². The van der Waals surface area contributed by atoms with Gasteiger partial charge in [0.1, 0.15) is 12.4 Å². The highest BCUT2D eigenvalue weighted by Gasteiger charge is 1.99. The molecule has 212 valence electrons. The first-order valence-corrected chi connectivity index (χ1v) is 12.4. The Labute approximate surface area is 225 Å². The van der Waals surface area contributed by atoms with Crippen LogP contribution in [0.1, 0.15) is 25.0 Å². The first-order valence-electron chi connectivity index (χ1n) is 11.0. The van der Waals surface area contributed by atoms with Crippen molar-refractivity contribution < 1.29 is 27.1 Å². The average Bonchev–Trinajstić information content (AvgIpc) is 2.84. The molecule has 0 saturated carbocycles. The number of hydrogen-bond donors (Lipinski definition) is 8. The zero-order chi connectivity index (χ0) is 29.8. The Balaban J connectivity index is 0.000000632. The lowest BCUT2D eigenvalue weighted by Gasteiger charge is -2.02. The van der Waals surface area contributed by atoms with E-state index in [4.69, 9.17) is 40.5 Å². The van der Waals surface area contributed by atoms with Crippen molar-refractivity contribution in [3.63, 3.8) is 0 Å². The fraction of sp³-hybridized carbons (Fsp3) is 0.182. The fourth-order valence-corrected chi connectivity index (χ4v) is 2.29. The smallest absolute Gasteiger partial charge is 0.369 e. The van der Waals surface area contributed by atoms with Gasteiger partial charge in [-0.25, -0.2) is 0 Å². The molecule has 39 heavy (non-hydrogen) atoms. The number of carbonyl (C=O) groups excluding carboxylic acids is 2. The third-order valence-electron chi connectivity index (χ3n) is 3.96. The Bertz CT molecular complexity index is 1170. The van der Waals surface area contributed by atoms with Gasteiger partial charge in [-0.15, -0.1) is 20.4 Å². The number of nitrogens with zero attached hydrogens (tertiary/aromatic N) is 4. The summed E-state index contributed by atoms with van der Waals surface area (Å²) in [5.74, 6) is -1.17. The van der Waals surface area contributed by atoms with Gasteiger partial charge in [0.05, 0.1) is 0 Å². The van der Waals surface area contributed by atoms with Gasteiger partial charge in [0.15, 0.2) is 0 Å². The Morgan fingerprint density at radius 2 is 1.00 bits per heavy atom. The van der Waals surface area contributed by atoms with E-state index >= 15 is 0 Å². The van der Waals surface area contributed by atoms with Crippen molar-refractivity contribution in [3.8, 4) is 0 Å². The number of nitrogens with two attached hydrogens (primary N) is 4. The number of anilines is 2. The number of nitrogens with one attached hydrogen (secondary N) is 2. The molecule has 0 radical (unpaired) electrons. The van der Waals surface area contributed by atoms with Crippen LogP contribution in [-0.4, -0.2) is 53.7 Å². The maximum absolute atomic E-state index is 11.3. The monoisotopic (exact) mass is 564 g/mol. The second-order valence-electron chi connectivity index (χ2n) is 7.07. The number of hydrogen-bond acceptors (Lipinski definition) is 8. The van der Waals surface area contributed by atoms with E-state index in [2.05, 4.69) is 44.9 Å². The van der Waals surface area contributed by atoms with Crippen LogP contribution in [0, 0.1) is 0 Å². The predicted octanol–water partition coefficient (Wildman–Crippen LogP) is 0.241. The Kier molecular flexibility index (Phi) is 16.1. The van der Waals surface area contributed by atoms with Crippen LogP contribution in [0.3, 0.4) is 0 Å². The minimum Gasteiger partial charge on any atom is -0.369 e. The van der Waals surface area contributed by atoms with Crippen LogP contribution in [0.2, 0.25) is 0 Å². The number of rotatable bonds is 8. The summed E-state index contributed by atoms with van der Waals surface area (Å²) in [5, 5.41) is 18.7. The van der Waals surface area contributed by atoms with Gasteiger partial charge in [0.2, 0.25) is 11.9 Å². The first kappa shape index (κ1) is 34.1. The molecule has 0 unspecified atom stereocenters. The lowest BCUT2D eigenvalue weighted by atomic mass is 10.1. The van der Waals surface area contributed by atoms with Crippen molar-refractivity contribution in [3.05, 3.63) is 59.7 Å². The quantitative estimate of drug-likeness (QED) is 0.0934. The molecule has 0 bridgehead atoms. The van der Waals surface area contributed by atoms with Crippen LogP contribution in [0.4, 0.5) is 11.4 Å². The number of benzene rings is 2. The van der Waals surface area contributed by atoms with Gasteiger partial charge < -0.3 is 33.6 Å². The molecule has 0 fully saturated rings. The molecule has 2 aromatic rings. The van der Waals surface area contributed by atoms with E-state index in [1.807, 2.05) is 48.5 Å². The third-order valence-corrected chi connectivity index (χ3v) is 3.96. The molecule has 0 aliphatic heterocycles. The van der Waals surface area contributed by atoms with E-state index in [9.17, 15) is 9.59 Å². The summed E-state index contributed by atoms with van der Waals surface area (Å²) < 4.78 is 31.6. The van der Waals surface area contributed by atoms with E-state index in [1.165, 1.54) is 11.1 Å². The summed E-state index contributed by atoms with van der Waals surface area (Å²) >= 11 is 0. The molecular formula is C22H32N10O6S. The van der Waals surface area contributed by atoms with Crippen molar-refractivity contribution in [1.82, 2.24) is 0 Å². The number of amides is 2. The van der Waals surface area contributed by atoms with Crippen molar-refractivity contribution in [2.24, 2.45) is 43.3 Å². The average molecular weight is 565 g/mol. The molecule has 0 spiro atoms. The van der Waals surface area contributed by atoms with Gasteiger partial charge in [0.25, 0.3) is 11.8 Å². The minimum absolute atomic E-state index is 0.193. The highest BCUT2D eigenvalue weighted by atomic mass is 32.3. The molecule has 16 nitrogen and oxygen atoms in total. The minimum atomic E-state index is -4.67. The SMILES string of the molecule is CCc1ccc(NC(=O)C=NN=C(N)N)cc1.CCc1ccc(NC(=O)C=NN=C(N)N)cc1.O=S(=O)(O)O. The van der Waals surface area contributed by atoms with Crippen molar-refractivity contribution in [2.45, 2.75) is 26.7 Å². The number of aryl methyl sites for hydroxylation is 2. The summed E-state index contributed by atoms with van der Waals surface area (Å²) in [7, 11) is -4.67. The van der Waals surface area contributed by atoms with E-state index < -0.39 is 10.4 Å². The van der Waals surface area contributed by atoms with Crippen LogP contribution < -0.4 is 33.6 Å². The summed E-state index contributed by atoms with van der Waals surface area (Å²) in [6, 6.07) is 15.1. The second-order valence-corrected chi connectivity index (χ2v) is 7.96. The molecule has 0 aliphatic carbocycles. The summed E-state index contributed by atoms with van der Waals surface area (Å²) in [6.45, 7) is 4.13. The maximum atomic E-state index is 11.3. The molecule has 0 heterocycles. The Hall–Kier alpha value is -4.87. The fourth-order valence-electron chi connectivity index (χ4n) is 2.29. The lowest BCUT2D eigenvalue weighted by Crippen LogP contribution is -2.22. The normalized spacial score (nSPS) is 10.4. The van der Waals surface area contributed by atoms with Crippen LogP contribution in [-0.2, 0) is 32.8 Å². The summed E-state index contributed by atoms with van der Waals surface area (Å²) in [5.41, 5.74) is 24.0. The molecule has 0 aromatic heterocycles. The zero-order valence-electron chi connectivity index (χ0n) is 21.2. The van der Waals surface area contributed by atoms with E-state index in [0.29, 0.717) is 11.4 Å². The highest BCUT2D eigenvalue weighted by molar-refractivity contribution is 7.79. The largest absolute Gasteiger partial charge is 0.394 e. The van der Waals surface area contributed by atoms with Crippen molar-refractivity contribution in [1.29, 1.82) is 0 Å². The Morgan fingerprint density at radius 1 is 0.718 bits per heavy atom. The molecule has 0 aliphatic rings. The number of carbonyl (C=O) groups is 2. The van der Waals surface area contributed by atoms with Crippen LogP contribution in [0.15, 0.2) is 68.9 Å². The van der Waals surface area contributed by atoms with Crippen LogP contribution in [0.5, 0.6) is 0 Å². The second kappa shape index (κ2) is 18.4. The van der Waals surface area contributed by atoms with Gasteiger partial charge in [-0.2, -0.15) is 8.42 Å². The van der Waals surface area contributed by atoms with E-state index in [-0.39, 0.29) is 23.7 Å². The van der Waals surface area contributed by atoms with Gasteiger partial charge >= 0.3 is 10.4 Å². The summed E-state index contributed by atoms with van der Waals surface area (Å²) in [4.78, 5) is 22.7. The standard InChI is InChI=1S/2C11H15N5O.H2O4S/c2*1-2-8-3-5-9(6-4-8)15-10(17)7-14-16-11(12)13;1-5(2,3)4/h2*3-7H,2H2,1H3,(H,15,17)(H4,12,13,16);(H2,1,2,3,4). The molecule has 2 rings (SSSR count). The molecule has 0 saturated heterocycles. The summed E-state index contributed by atoms with van der Waals surface area (Å²) in [6.07, 6.45) is 3.93. The van der Waals surface area contributed by atoms with E-state index in [1.54, 1.807) is 0 Å². The van der Waals surface area contributed by atoms with Gasteiger partial charge in [0, 0.05) is 11.4 Å². The van der Waals surface area contributed by atoms with Gasteiger partial charge in [-0.05, 0) is 48.2 Å². The molecular weight excluding hydrogens is 532 g/mol. The molecule has 2 amide bonds. The molecule has 12 N–H and O–H groups in total. The Morgan fingerprint density at radius 3 is 1.23 bits per heavy atom. The highest BCUT2D eigenvalue weighted by Crippen LogP contribution is 2.10. The maximum Gasteiger partial charge on any atom is 0.394 e. The van der Waals surface area contributed by atoms with Gasteiger partial charge in [-0.1, -0.05) is 38.1 Å². The predicted molar refractivity (Wildman–Crippen MR) is 152 cm³/mol.